The molecule has 2 heterocycles. The van der Waals surface area contributed by atoms with Crippen molar-refractivity contribution >= 4 is 6.09 Å². The fraction of sp³-hybridized carbons (Fsp3) is 0.278. The van der Waals surface area contributed by atoms with Gasteiger partial charge in [-0.1, -0.05) is 60.7 Å². The highest BCUT2D eigenvalue weighted by atomic mass is 16.6. The predicted octanol–water partition coefficient (Wildman–Crippen LogP) is 3.32. The molecule has 2 aromatic carbocycles. The van der Waals surface area contributed by atoms with Gasteiger partial charge in [-0.05, 0) is 11.1 Å². The van der Waals surface area contributed by atoms with E-state index in [0.29, 0.717) is 13.2 Å². The number of rotatable bonds is 3. The predicted molar refractivity (Wildman–Crippen MR) is 81.3 cm³/mol. The highest BCUT2D eigenvalue weighted by molar-refractivity contribution is 5.71. The van der Waals surface area contributed by atoms with Gasteiger partial charge in [-0.25, -0.2) is 4.79 Å². The molecule has 2 fully saturated rings. The minimum Gasteiger partial charge on any atom is -0.447 e. The van der Waals surface area contributed by atoms with E-state index in [2.05, 4.69) is 0 Å². The number of cyclic esters (lactones) is 1. The van der Waals surface area contributed by atoms with Crippen molar-refractivity contribution in [3.8, 4) is 0 Å². The molecule has 4 nitrogen and oxygen atoms in total. The van der Waals surface area contributed by atoms with Crippen LogP contribution in [0.2, 0.25) is 0 Å². The lowest BCUT2D eigenvalue weighted by molar-refractivity contribution is -0.129. The number of hydrogen-bond acceptors (Lipinski definition) is 3. The Morgan fingerprint density at radius 3 is 2.09 bits per heavy atom. The lowest BCUT2D eigenvalue weighted by Gasteiger charge is -2.43. The Morgan fingerprint density at radius 1 is 0.864 bits per heavy atom. The summed E-state index contributed by atoms with van der Waals surface area (Å²) >= 11 is 0. The normalized spacial score (nSPS) is 27.4. The Morgan fingerprint density at radius 2 is 1.50 bits per heavy atom. The van der Waals surface area contributed by atoms with Crippen LogP contribution in [-0.4, -0.2) is 30.2 Å². The summed E-state index contributed by atoms with van der Waals surface area (Å²) in [4.78, 5) is 14.1. The van der Waals surface area contributed by atoms with E-state index < -0.39 is 0 Å². The molecule has 1 amide bonds. The summed E-state index contributed by atoms with van der Waals surface area (Å²) in [6.07, 6.45) is -0.318. The summed E-state index contributed by atoms with van der Waals surface area (Å²) in [5, 5.41) is 0. The Balaban J connectivity index is 1.61. The van der Waals surface area contributed by atoms with Crippen molar-refractivity contribution in [3.63, 3.8) is 0 Å². The first kappa shape index (κ1) is 13.3. The van der Waals surface area contributed by atoms with Crippen molar-refractivity contribution in [1.82, 2.24) is 4.90 Å². The number of carbonyl (C=O) groups is 1. The lowest BCUT2D eigenvalue weighted by Crippen LogP contribution is -2.52. The van der Waals surface area contributed by atoms with E-state index in [0.717, 1.165) is 11.1 Å². The molecular formula is C18H17NO3. The van der Waals surface area contributed by atoms with Crippen LogP contribution in [0.5, 0.6) is 0 Å². The Hall–Kier alpha value is -2.33. The summed E-state index contributed by atoms with van der Waals surface area (Å²) in [5.74, 6) is 0. The maximum absolute atomic E-state index is 12.2. The van der Waals surface area contributed by atoms with E-state index in [4.69, 9.17) is 9.47 Å². The van der Waals surface area contributed by atoms with Crippen LogP contribution >= 0.6 is 0 Å². The van der Waals surface area contributed by atoms with Crippen LogP contribution in [0, 0.1) is 0 Å². The molecule has 112 valence electrons. The van der Waals surface area contributed by atoms with Gasteiger partial charge in [0.05, 0.1) is 18.7 Å². The van der Waals surface area contributed by atoms with E-state index in [1.807, 2.05) is 65.6 Å². The highest BCUT2D eigenvalue weighted by Gasteiger charge is 2.47. The molecular weight excluding hydrogens is 278 g/mol. The number of amides is 1. The summed E-state index contributed by atoms with van der Waals surface area (Å²) in [7, 11) is 0. The fourth-order valence-corrected chi connectivity index (χ4v) is 3.20. The lowest BCUT2D eigenvalue weighted by atomic mass is 9.95. The van der Waals surface area contributed by atoms with Gasteiger partial charge in [0.25, 0.3) is 0 Å². The zero-order valence-electron chi connectivity index (χ0n) is 12.1. The molecule has 4 heteroatoms. The maximum Gasteiger partial charge on any atom is 0.410 e. The average Bonchev–Trinajstić information content (AvgIpc) is 2.90. The molecule has 2 aromatic rings. The second kappa shape index (κ2) is 5.46. The first-order chi connectivity index (χ1) is 10.8. The van der Waals surface area contributed by atoms with Crippen LogP contribution in [0.3, 0.4) is 0 Å². The fourth-order valence-electron chi connectivity index (χ4n) is 3.20. The summed E-state index contributed by atoms with van der Waals surface area (Å²) in [6, 6.07) is 20.1. The summed E-state index contributed by atoms with van der Waals surface area (Å²) < 4.78 is 11.0. The van der Waals surface area contributed by atoms with Crippen LogP contribution in [0.25, 0.3) is 0 Å². The van der Waals surface area contributed by atoms with E-state index in [9.17, 15) is 4.79 Å². The van der Waals surface area contributed by atoms with E-state index in [1.165, 1.54) is 0 Å². The zero-order valence-corrected chi connectivity index (χ0v) is 12.1. The first-order valence-corrected chi connectivity index (χ1v) is 7.51. The second-order valence-corrected chi connectivity index (χ2v) is 5.64. The molecule has 3 atom stereocenters. The molecule has 0 aromatic heterocycles. The van der Waals surface area contributed by atoms with Gasteiger partial charge in [0.2, 0.25) is 0 Å². The second-order valence-electron chi connectivity index (χ2n) is 5.64. The third kappa shape index (κ3) is 2.16. The third-order valence-corrected chi connectivity index (χ3v) is 4.38. The van der Waals surface area contributed by atoms with E-state index >= 15 is 0 Å². The standard InChI is InChI=1S/C18H17NO3/c20-18-19(15(11-22-18)13-7-3-1-4-8-13)16-12-21-17(16)14-9-5-2-6-10-14/h1-10,15-17H,11-12H2/t15-,16-,17-/m0/s1. The molecule has 0 radical (unpaired) electrons. The molecule has 2 saturated heterocycles. The molecule has 2 aliphatic rings. The van der Waals surface area contributed by atoms with Crippen LogP contribution in [0.15, 0.2) is 60.7 Å². The van der Waals surface area contributed by atoms with E-state index in [1.54, 1.807) is 0 Å². The molecule has 0 aliphatic carbocycles. The molecule has 4 rings (SSSR count). The summed E-state index contributed by atoms with van der Waals surface area (Å²) in [5.41, 5.74) is 2.21. The van der Waals surface area contributed by atoms with Gasteiger partial charge < -0.3 is 9.47 Å². The van der Waals surface area contributed by atoms with Crippen LogP contribution in [0.1, 0.15) is 23.3 Å². The third-order valence-electron chi connectivity index (χ3n) is 4.38. The van der Waals surface area contributed by atoms with Gasteiger partial charge in [0.15, 0.2) is 0 Å². The van der Waals surface area contributed by atoms with Crippen molar-refractivity contribution in [2.45, 2.75) is 18.2 Å². The molecule has 0 unspecified atom stereocenters. The molecule has 22 heavy (non-hydrogen) atoms. The quantitative estimate of drug-likeness (QED) is 0.872. The zero-order chi connectivity index (χ0) is 14.9. The topological polar surface area (TPSA) is 38.8 Å². The Kier molecular flexibility index (Phi) is 3.31. The Bertz CT molecular complexity index is 659. The van der Waals surface area contributed by atoms with Gasteiger partial charge in [-0.2, -0.15) is 0 Å². The van der Waals surface area contributed by atoms with Crippen molar-refractivity contribution in [2.75, 3.05) is 13.2 Å². The minimum absolute atomic E-state index is 0.0302. The van der Waals surface area contributed by atoms with Crippen LogP contribution in [0.4, 0.5) is 4.79 Å². The van der Waals surface area contributed by atoms with Crippen molar-refractivity contribution in [1.29, 1.82) is 0 Å². The number of nitrogens with zero attached hydrogens (tertiary/aromatic N) is 1. The highest BCUT2D eigenvalue weighted by Crippen LogP contribution is 2.40. The van der Waals surface area contributed by atoms with Gasteiger partial charge in [0.1, 0.15) is 12.7 Å². The maximum atomic E-state index is 12.2. The Labute approximate surface area is 129 Å². The molecule has 0 saturated carbocycles. The van der Waals surface area contributed by atoms with Crippen molar-refractivity contribution in [2.24, 2.45) is 0 Å². The smallest absolute Gasteiger partial charge is 0.410 e. The molecule has 0 bridgehead atoms. The number of ether oxygens (including phenoxy) is 2. The van der Waals surface area contributed by atoms with Crippen LogP contribution in [-0.2, 0) is 9.47 Å². The first-order valence-electron chi connectivity index (χ1n) is 7.51. The monoisotopic (exact) mass is 295 g/mol. The van der Waals surface area contributed by atoms with Gasteiger partial charge in [-0.3, -0.25) is 4.90 Å². The molecule has 0 spiro atoms. The number of hydrogen-bond donors (Lipinski definition) is 0. The van der Waals surface area contributed by atoms with Crippen LogP contribution < -0.4 is 0 Å². The molecule has 2 aliphatic heterocycles. The summed E-state index contributed by atoms with van der Waals surface area (Å²) in [6.45, 7) is 0.957. The largest absolute Gasteiger partial charge is 0.447 e. The minimum atomic E-state index is -0.247. The van der Waals surface area contributed by atoms with Gasteiger partial charge in [0, 0.05) is 0 Å². The van der Waals surface area contributed by atoms with E-state index in [-0.39, 0.29) is 24.3 Å². The van der Waals surface area contributed by atoms with Gasteiger partial charge in [-0.15, -0.1) is 0 Å². The van der Waals surface area contributed by atoms with Crippen molar-refractivity contribution < 1.29 is 14.3 Å². The number of benzene rings is 2. The van der Waals surface area contributed by atoms with Crippen molar-refractivity contribution in [3.05, 3.63) is 71.8 Å². The average molecular weight is 295 g/mol. The SMILES string of the molecule is O=C1OC[C@@H](c2ccccc2)N1[C@H]1CO[C@H]1c1ccccc1. The molecule has 0 N–H and O–H groups in total. The van der Waals surface area contributed by atoms with Gasteiger partial charge >= 0.3 is 6.09 Å². The number of carbonyl (C=O) groups excluding carboxylic acids is 1.